The molecule has 0 radical (unpaired) electrons. The summed E-state index contributed by atoms with van der Waals surface area (Å²) in [4.78, 5) is 0. The van der Waals surface area contributed by atoms with Crippen molar-refractivity contribution >= 4 is 6.08 Å². The monoisotopic (exact) mass is 206 g/mol. The summed E-state index contributed by atoms with van der Waals surface area (Å²) in [7, 11) is 0. The summed E-state index contributed by atoms with van der Waals surface area (Å²) < 4.78 is 11.1. The van der Waals surface area contributed by atoms with E-state index in [0.717, 1.165) is 11.1 Å². The summed E-state index contributed by atoms with van der Waals surface area (Å²) in [5.74, 6) is 0. The predicted molar refractivity (Wildman–Crippen MR) is 62.5 cm³/mol. The average Bonchev–Trinajstić information content (AvgIpc) is 2.29. The van der Waals surface area contributed by atoms with Gasteiger partial charge in [0.25, 0.3) is 0 Å². The predicted octanol–water partition coefficient (Wildman–Crippen LogP) is 3.40. The molecule has 2 nitrogen and oxygen atoms in total. The molecule has 0 fully saturated rings. The Morgan fingerprint density at radius 2 is 1.80 bits per heavy atom. The number of benzene rings is 1. The van der Waals surface area contributed by atoms with Crippen LogP contribution in [0, 0.1) is 0 Å². The first-order valence-electron chi connectivity index (χ1n) is 5.28. The molecule has 15 heavy (non-hydrogen) atoms. The lowest BCUT2D eigenvalue weighted by Gasteiger charge is -2.19. The Balaban J connectivity index is 2.92. The van der Waals surface area contributed by atoms with Crippen LogP contribution in [0.3, 0.4) is 0 Å². The molecule has 0 atom stereocenters. The molecule has 82 valence electrons. The molecule has 1 aromatic rings. The number of ether oxygens (including phenoxy) is 2. The lowest BCUT2D eigenvalue weighted by molar-refractivity contribution is -0.140. The molecule has 0 aliphatic rings. The van der Waals surface area contributed by atoms with E-state index >= 15 is 0 Å². The normalized spacial score (nSPS) is 10.6. The second-order valence-corrected chi connectivity index (χ2v) is 3.08. The molecule has 0 unspecified atom stereocenters. The van der Waals surface area contributed by atoms with Gasteiger partial charge in [-0.1, -0.05) is 36.9 Å². The van der Waals surface area contributed by atoms with Crippen molar-refractivity contribution < 1.29 is 9.47 Å². The zero-order valence-corrected chi connectivity index (χ0v) is 9.40. The molecular formula is C13H18O2. The first-order valence-corrected chi connectivity index (χ1v) is 5.28. The fourth-order valence-corrected chi connectivity index (χ4v) is 1.44. The van der Waals surface area contributed by atoms with Gasteiger partial charge in [0.15, 0.2) is 6.29 Å². The average molecular weight is 206 g/mol. The highest BCUT2D eigenvalue weighted by Gasteiger charge is 2.13. The molecule has 0 aliphatic heterocycles. The molecule has 1 rings (SSSR count). The second kappa shape index (κ2) is 6.38. The van der Waals surface area contributed by atoms with Crippen LogP contribution < -0.4 is 0 Å². The highest BCUT2D eigenvalue weighted by Crippen LogP contribution is 2.23. The Morgan fingerprint density at radius 1 is 1.20 bits per heavy atom. The van der Waals surface area contributed by atoms with Gasteiger partial charge < -0.3 is 9.47 Å². The Morgan fingerprint density at radius 3 is 2.33 bits per heavy atom. The van der Waals surface area contributed by atoms with E-state index in [9.17, 15) is 0 Å². The Kier molecular flexibility index (Phi) is 5.08. The van der Waals surface area contributed by atoms with Crippen molar-refractivity contribution in [1.29, 1.82) is 0 Å². The lowest BCUT2D eigenvalue weighted by Crippen LogP contribution is -2.10. The van der Waals surface area contributed by atoms with Crippen molar-refractivity contribution in [3.05, 3.63) is 42.0 Å². The van der Waals surface area contributed by atoms with E-state index in [0.29, 0.717) is 13.2 Å². The van der Waals surface area contributed by atoms with Crippen LogP contribution in [0.25, 0.3) is 6.08 Å². The van der Waals surface area contributed by atoms with Gasteiger partial charge >= 0.3 is 0 Å². The largest absolute Gasteiger partial charge is 0.349 e. The molecule has 0 saturated carbocycles. The molecule has 0 spiro atoms. The van der Waals surface area contributed by atoms with E-state index in [-0.39, 0.29) is 6.29 Å². The summed E-state index contributed by atoms with van der Waals surface area (Å²) in [6, 6.07) is 7.98. The van der Waals surface area contributed by atoms with Gasteiger partial charge in [-0.2, -0.15) is 0 Å². The van der Waals surface area contributed by atoms with Crippen LogP contribution >= 0.6 is 0 Å². The lowest BCUT2D eigenvalue weighted by atomic mass is 10.1. The minimum atomic E-state index is -0.283. The number of rotatable bonds is 6. The Labute approximate surface area is 91.5 Å². The van der Waals surface area contributed by atoms with Crippen LogP contribution in [0.15, 0.2) is 30.8 Å². The molecule has 0 N–H and O–H groups in total. The van der Waals surface area contributed by atoms with E-state index in [4.69, 9.17) is 9.47 Å². The van der Waals surface area contributed by atoms with Gasteiger partial charge in [-0.15, -0.1) is 0 Å². The Bertz CT molecular complexity index is 301. The zero-order valence-electron chi connectivity index (χ0n) is 9.40. The minimum absolute atomic E-state index is 0.283. The topological polar surface area (TPSA) is 18.5 Å². The molecule has 0 bridgehead atoms. The van der Waals surface area contributed by atoms with Crippen LogP contribution in [-0.2, 0) is 9.47 Å². The van der Waals surface area contributed by atoms with Crippen LogP contribution in [0.1, 0.15) is 31.3 Å². The zero-order chi connectivity index (χ0) is 11.1. The highest BCUT2D eigenvalue weighted by molar-refractivity contribution is 5.52. The van der Waals surface area contributed by atoms with Crippen molar-refractivity contribution in [3.8, 4) is 0 Å². The van der Waals surface area contributed by atoms with Crippen molar-refractivity contribution in [3.63, 3.8) is 0 Å². The number of hydrogen-bond donors (Lipinski definition) is 0. The maximum absolute atomic E-state index is 5.54. The number of hydrogen-bond acceptors (Lipinski definition) is 2. The van der Waals surface area contributed by atoms with E-state index in [1.807, 2.05) is 44.2 Å². The fourth-order valence-electron chi connectivity index (χ4n) is 1.44. The minimum Gasteiger partial charge on any atom is -0.349 e. The van der Waals surface area contributed by atoms with Crippen LogP contribution in [0.2, 0.25) is 0 Å². The molecule has 0 saturated heterocycles. The fraction of sp³-hybridized carbons (Fsp3) is 0.385. The van der Waals surface area contributed by atoms with Crippen LogP contribution in [0.5, 0.6) is 0 Å². The molecule has 2 heteroatoms. The van der Waals surface area contributed by atoms with Gasteiger partial charge in [-0.3, -0.25) is 0 Å². The standard InChI is InChI=1S/C13H18O2/c1-4-11-9-7-8-10-12(11)13(14-5-2)15-6-3/h4,7-10,13H,1,5-6H2,2-3H3. The third kappa shape index (κ3) is 3.18. The van der Waals surface area contributed by atoms with Crippen LogP contribution in [-0.4, -0.2) is 13.2 Å². The third-order valence-corrected chi connectivity index (χ3v) is 2.11. The quantitative estimate of drug-likeness (QED) is 0.664. The SMILES string of the molecule is C=Cc1ccccc1C(OCC)OCC. The van der Waals surface area contributed by atoms with Gasteiger partial charge in [0, 0.05) is 18.8 Å². The Hall–Kier alpha value is -1.12. The molecule has 0 aromatic heterocycles. The summed E-state index contributed by atoms with van der Waals surface area (Å²) in [6.07, 6.45) is 1.54. The smallest absolute Gasteiger partial charge is 0.184 e. The molecular weight excluding hydrogens is 188 g/mol. The summed E-state index contributed by atoms with van der Waals surface area (Å²) >= 11 is 0. The first kappa shape index (κ1) is 12.0. The van der Waals surface area contributed by atoms with Gasteiger partial charge in [0.2, 0.25) is 0 Å². The van der Waals surface area contributed by atoms with Gasteiger partial charge in [-0.25, -0.2) is 0 Å². The molecule has 0 heterocycles. The van der Waals surface area contributed by atoms with Gasteiger partial charge in [-0.05, 0) is 19.4 Å². The molecule has 1 aromatic carbocycles. The van der Waals surface area contributed by atoms with Crippen molar-refractivity contribution in [2.45, 2.75) is 20.1 Å². The van der Waals surface area contributed by atoms with Gasteiger partial charge in [0.05, 0.1) is 0 Å². The summed E-state index contributed by atoms with van der Waals surface area (Å²) in [6.45, 7) is 8.97. The van der Waals surface area contributed by atoms with Crippen molar-refractivity contribution in [1.82, 2.24) is 0 Å². The van der Waals surface area contributed by atoms with Gasteiger partial charge in [0.1, 0.15) is 0 Å². The second-order valence-electron chi connectivity index (χ2n) is 3.08. The first-order chi connectivity index (χ1) is 7.33. The van der Waals surface area contributed by atoms with E-state index in [2.05, 4.69) is 6.58 Å². The van der Waals surface area contributed by atoms with E-state index < -0.39 is 0 Å². The maximum atomic E-state index is 5.54. The summed E-state index contributed by atoms with van der Waals surface area (Å²) in [5, 5.41) is 0. The highest BCUT2D eigenvalue weighted by atomic mass is 16.7. The maximum Gasteiger partial charge on any atom is 0.184 e. The molecule has 0 amide bonds. The van der Waals surface area contributed by atoms with E-state index in [1.54, 1.807) is 0 Å². The van der Waals surface area contributed by atoms with Crippen molar-refractivity contribution in [2.75, 3.05) is 13.2 Å². The third-order valence-electron chi connectivity index (χ3n) is 2.11. The molecule has 0 aliphatic carbocycles. The van der Waals surface area contributed by atoms with Crippen LogP contribution in [0.4, 0.5) is 0 Å². The van der Waals surface area contributed by atoms with E-state index in [1.165, 1.54) is 0 Å². The van der Waals surface area contributed by atoms with Crippen molar-refractivity contribution in [2.24, 2.45) is 0 Å². The summed E-state index contributed by atoms with van der Waals surface area (Å²) in [5.41, 5.74) is 2.10.